The van der Waals surface area contributed by atoms with Gasteiger partial charge in [-0.1, -0.05) is 48.5 Å². The van der Waals surface area contributed by atoms with Crippen LogP contribution in [-0.2, 0) is 23.0 Å². The quantitative estimate of drug-likeness (QED) is 0.703. The van der Waals surface area contributed by atoms with Crippen LogP contribution in [0.15, 0.2) is 77.7 Å². The van der Waals surface area contributed by atoms with Crippen molar-refractivity contribution in [3.63, 3.8) is 0 Å². The van der Waals surface area contributed by atoms with Crippen LogP contribution in [0.1, 0.15) is 27.0 Å². The number of nitrogens with zero attached hydrogens (tertiary/aromatic N) is 1. The van der Waals surface area contributed by atoms with E-state index in [0.29, 0.717) is 30.8 Å². The van der Waals surface area contributed by atoms with Gasteiger partial charge in [0.05, 0.1) is 10.6 Å². The van der Waals surface area contributed by atoms with Crippen LogP contribution in [0.4, 0.5) is 5.69 Å². The highest BCUT2D eigenvalue weighted by Crippen LogP contribution is 2.32. The Kier molecular flexibility index (Phi) is 5.11. The van der Waals surface area contributed by atoms with Gasteiger partial charge in [-0.05, 0) is 54.3 Å². The van der Waals surface area contributed by atoms with Crippen LogP contribution in [-0.4, -0.2) is 20.9 Å². The molecule has 0 aliphatic carbocycles. The molecule has 0 unspecified atom stereocenters. The van der Waals surface area contributed by atoms with E-state index in [0.717, 1.165) is 16.7 Å². The standard InChI is InChI=1S/C23H22N2O3S/c1-17-7-2-3-9-20(17)16-24-23(26)19-10-6-11-21(15-19)29(27,28)25-14-13-18-8-4-5-12-22(18)25/h2-12,15H,13-14,16H2,1H3,(H,24,26). The second-order valence-electron chi connectivity index (χ2n) is 7.09. The van der Waals surface area contributed by atoms with E-state index < -0.39 is 10.0 Å². The molecule has 5 nitrogen and oxygen atoms in total. The number of fused-ring (bicyclic) bond motifs is 1. The van der Waals surface area contributed by atoms with Crippen molar-refractivity contribution in [2.45, 2.75) is 24.8 Å². The first-order valence-corrected chi connectivity index (χ1v) is 10.9. The fourth-order valence-electron chi connectivity index (χ4n) is 3.57. The van der Waals surface area contributed by atoms with Gasteiger partial charge in [0.25, 0.3) is 15.9 Å². The van der Waals surface area contributed by atoms with Gasteiger partial charge in [-0.2, -0.15) is 0 Å². The molecular formula is C23H22N2O3S. The molecule has 3 aromatic rings. The minimum absolute atomic E-state index is 0.123. The van der Waals surface area contributed by atoms with Crippen molar-refractivity contribution in [3.8, 4) is 0 Å². The summed E-state index contributed by atoms with van der Waals surface area (Å²) < 4.78 is 27.8. The summed E-state index contributed by atoms with van der Waals surface area (Å²) in [6, 6.07) is 21.6. The van der Waals surface area contributed by atoms with Crippen LogP contribution in [0, 0.1) is 6.92 Å². The maximum atomic E-state index is 13.2. The number of rotatable bonds is 5. The molecule has 0 bridgehead atoms. The van der Waals surface area contributed by atoms with Gasteiger partial charge in [0, 0.05) is 18.7 Å². The summed E-state index contributed by atoms with van der Waals surface area (Å²) in [6.45, 7) is 2.79. The highest BCUT2D eigenvalue weighted by Gasteiger charge is 2.30. The Hall–Kier alpha value is -3.12. The molecule has 0 spiro atoms. The minimum Gasteiger partial charge on any atom is -0.348 e. The monoisotopic (exact) mass is 406 g/mol. The van der Waals surface area contributed by atoms with Crippen LogP contribution in [0.5, 0.6) is 0 Å². The molecule has 0 aromatic heterocycles. The van der Waals surface area contributed by atoms with Crippen molar-refractivity contribution >= 4 is 21.6 Å². The van der Waals surface area contributed by atoms with E-state index >= 15 is 0 Å². The van der Waals surface area contributed by atoms with Gasteiger partial charge in [-0.15, -0.1) is 0 Å². The number of benzene rings is 3. The molecule has 0 saturated heterocycles. The molecule has 148 valence electrons. The van der Waals surface area contributed by atoms with Crippen molar-refractivity contribution < 1.29 is 13.2 Å². The summed E-state index contributed by atoms with van der Waals surface area (Å²) in [7, 11) is -3.73. The molecule has 6 heteroatoms. The smallest absolute Gasteiger partial charge is 0.264 e. The molecule has 1 aliphatic heterocycles. The lowest BCUT2D eigenvalue weighted by Crippen LogP contribution is -2.29. The molecule has 0 saturated carbocycles. The van der Waals surface area contributed by atoms with Crippen LogP contribution < -0.4 is 9.62 Å². The van der Waals surface area contributed by atoms with Crippen LogP contribution in [0.2, 0.25) is 0 Å². The normalized spacial score (nSPS) is 13.2. The fourth-order valence-corrected chi connectivity index (χ4v) is 5.12. The first-order chi connectivity index (χ1) is 14.0. The number of anilines is 1. The van der Waals surface area contributed by atoms with Crippen LogP contribution in [0.3, 0.4) is 0 Å². The summed E-state index contributed by atoms with van der Waals surface area (Å²) >= 11 is 0. The number of carbonyl (C=O) groups is 1. The first-order valence-electron chi connectivity index (χ1n) is 9.50. The molecule has 1 N–H and O–H groups in total. The number of amides is 1. The molecule has 1 amide bonds. The lowest BCUT2D eigenvalue weighted by molar-refractivity contribution is 0.0950. The topological polar surface area (TPSA) is 66.5 Å². The molecule has 4 rings (SSSR count). The molecule has 0 radical (unpaired) electrons. The third-order valence-electron chi connectivity index (χ3n) is 5.23. The first kappa shape index (κ1) is 19.2. The number of nitrogens with one attached hydrogen (secondary N) is 1. The molecule has 3 aromatic carbocycles. The zero-order chi connectivity index (χ0) is 20.4. The third kappa shape index (κ3) is 3.76. The zero-order valence-corrected chi connectivity index (χ0v) is 16.9. The Morgan fingerprint density at radius 1 is 1.00 bits per heavy atom. The molecule has 0 atom stereocenters. The summed E-state index contributed by atoms with van der Waals surface area (Å²) in [6.07, 6.45) is 0.687. The van der Waals surface area contributed by atoms with Crippen molar-refractivity contribution in [1.82, 2.24) is 5.32 Å². The number of carbonyl (C=O) groups excluding carboxylic acids is 1. The zero-order valence-electron chi connectivity index (χ0n) is 16.1. The van der Waals surface area contributed by atoms with E-state index in [1.165, 1.54) is 16.4 Å². The summed E-state index contributed by atoms with van der Waals surface area (Å²) in [5.41, 5.74) is 4.17. The van der Waals surface area contributed by atoms with E-state index in [-0.39, 0.29) is 10.8 Å². The van der Waals surface area contributed by atoms with E-state index in [2.05, 4.69) is 5.32 Å². The second kappa shape index (κ2) is 7.72. The van der Waals surface area contributed by atoms with Gasteiger partial charge >= 0.3 is 0 Å². The van der Waals surface area contributed by atoms with Crippen molar-refractivity contribution in [2.24, 2.45) is 0 Å². The predicted octanol–water partition coefficient (Wildman–Crippen LogP) is 3.68. The molecule has 1 heterocycles. The van der Waals surface area contributed by atoms with Crippen molar-refractivity contribution in [1.29, 1.82) is 0 Å². The summed E-state index contributed by atoms with van der Waals surface area (Å²) in [5, 5.41) is 2.87. The Bertz CT molecular complexity index is 1170. The SMILES string of the molecule is Cc1ccccc1CNC(=O)c1cccc(S(=O)(=O)N2CCc3ccccc32)c1. The highest BCUT2D eigenvalue weighted by molar-refractivity contribution is 7.92. The Balaban J connectivity index is 1.56. The third-order valence-corrected chi connectivity index (χ3v) is 7.04. The number of para-hydroxylation sites is 1. The Morgan fingerprint density at radius 3 is 2.59 bits per heavy atom. The molecule has 1 aliphatic rings. The number of sulfonamides is 1. The number of aryl methyl sites for hydroxylation is 1. The molecule has 0 fully saturated rings. The Labute approximate surface area is 171 Å². The van der Waals surface area contributed by atoms with Gasteiger partial charge in [0.1, 0.15) is 0 Å². The van der Waals surface area contributed by atoms with E-state index in [4.69, 9.17) is 0 Å². The average Bonchev–Trinajstić information content (AvgIpc) is 3.18. The average molecular weight is 407 g/mol. The fraction of sp³-hybridized carbons (Fsp3) is 0.174. The summed E-state index contributed by atoms with van der Waals surface area (Å²) in [4.78, 5) is 12.7. The number of hydrogen-bond acceptors (Lipinski definition) is 3. The summed E-state index contributed by atoms with van der Waals surface area (Å²) in [5.74, 6) is -0.299. The van der Waals surface area contributed by atoms with Gasteiger partial charge < -0.3 is 5.32 Å². The lowest BCUT2D eigenvalue weighted by atomic mass is 10.1. The second-order valence-corrected chi connectivity index (χ2v) is 8.96. The van der Waals surface area contributed by atoms with Gasteiger partial charge in [-0.25, -0.2) is 8.42 Å². The van der Waals surface area contributed by atoms with Crippen molar-refractivity contribution in [2.75, 3.05) is 10.8 Å². The number of hydrogen-bond donors (Lipinski definition) is 1. The predicted molar refractivity (Wildman–Crippen MR) is 113 cm³/mol. The highest BCUT2D eigenvalue weighted by atomic mass is 32.2. The maximum absolute atomic E-state index is 13.2. The van der Waals surface area contributed by atoms with E-state index in [1.807, 2.05) is 55.5 Å². The molecular weight excluding hydrogens is 384 g/mol. The Morgan fingerprint density at radius 2 is 1.76 bits per heavy atom. The van der Waals surface area contributed by atoms with Gasteiger partial charge in [-0.3, -0.25) is 9.10 Å². The van der Waals surface area contributed by atoms with E-state index in [1.54, 1.807) is 12.1 Å². The van der Waals surface area contributed by atoms with Gasteiger partial charge in [0.15, 0.2) is 0 Å². The van der Waals surface area contributed by atoms with Crippen LogP contribution in [0.25, 0.3) is 0 Å². The minimum atomic E-state index is -3.73. The maximum Gasteiger partial charge on any atom is 0.264 e. The lowest BCUT2D eigenvalue weighted by Gasteiger charge is -2.20. The van der Waals surface area contributed by atoms with Crippen LogP contribution >= 0.6 is 0 Å². The largest absolute Gasteiger partial charge is 0.348 e. The van der Waals surface area contributed by atoms with Crippen molar-refractivity contribution in [3.05, 3.63) is 95.1 Å². The van der Waals surface area contributed by atoms with Gasteiger partial charge in [0.2, 0.25) is 0 Å². The van der Waals surface area contributed by atoms with E-state index in [9.17, 15) is 13.2 Å². The molecule has 29 heavy (non-hydrogen) atoms.